The number of carbonyl (C=O) groups is 1. The molecule has 23 heavy (non-hydrogen) atoms. The topological polar surface area (TPSA) is 58.6 Å². The van der Waals surface area contributed by atoms with Gasteiger partial charge in [-0.2, -0.15) is 0 Å². The number of nitrogens with one attached hydrogen (secondary N) is 1. The van der Waals surface area contributed by atoms with Gasteiger partial charge in [-0.1, -0.05) is 47.5 Å². The van der Waals surface area contributed by atoms with Crippen LogP contribution in [0.3, 0.4) is 0 Å². The molecule has 2 N–H and O–H groups in total. The smallest absolute Gasteiger partial charge is 0.320 e. The van der Waals surface area contributed by atoms with E-state index in [-0.39, 0.29) is 6.61 Å². The van der Waals surface area contributed by atoms with Crippen LogP contribution in [-0.2, 0) is 17.9 Å². The van der Waals surface area contributed by atoms with Gasteiger partial charge in [-0.05, 0) is 25.1 Å². The van der Waals surface area contributed by atoms with Gasteiger partial charge < -0.3 is 15.2 Å². The minimum Gasteiger partial charge on any atom is -0.488 e. The molecule has 4 nitrogen and oxygen atoms in total. The van der Waals surface area contributed by atoms with Crippen LogP contribution in [0.1, 0.15) is 18.1 Å². The first-order valence-corrected chi connectivity index (χ1v) is 7.84. The fraction of sp³-hybridized carbons (Fsp3) is 0.235. The molecule has 2 aromatic rings. The van der Waals surface area contributed by atoms with Crippen LogP contribution in [0, 0.1) is 0 Å². The van der Waals surface area contributed by atoms with Gasteiger partial charge in [0.05, 0.1) is 0 Å². The summed E-state index contributed by atoms with van der Waals surface area (Å²) < 4.78 is 5.82. The maximum atomic E-state index is 10.9. The highest BCUT2D eigenvalue weighted by atomic mass is 35.5. The number of benzene rings is 2. The molecule has 0 aliphatic rings. The number of carboxylic acids is 1. The van der Waals surface area contributed by atoms with Crippen LogP contribution in [-0.4, -0.2) is 17.1 Å². The third kappa shape index (κ3) is 4.86. The second-order valence-electron chi connectivity index (χ2n) is 5.04. The van der Waals surface area contributed by atoms with Crippen molar-refractivity contribution >= 4 is 29.2 Å². The Balaban J connectivity index is 2.07. The van der Waals surface area contributed by atoms with E-state index in [4.69, 9.17) is 33.0 Å². The third-order valence-corrected chi connectivity index (χ3v) is 4.08. The molecule has 2 aromatic carbocycles. The van der Waals surface area contributed by atoms with Crippen LogP contribution < -0.4 is 10.1 Å². The Hall–Kier alpha value is -1.75. The van der Waals surface area contributed by atoms with E-state index < -0.39 is 12.0 Å². The van der Waals surface area contributed by atoms with Gasteiger partial charge in [0, 0.05) is 27.7 Å². The molecular weight excluding hydrogens is 337 g/mol. The van der Waals surface area contributed by atoms with Crippen molar-refractivity contribution in [2.24, 2.45) is 0 Å². The van der Waals surface area contributed by atoms with Crippen molar-refractivity contribution in [1.29, 1.82) is 0 Å². The molecule has 0 aliphatic heterocycles. The minimum atomic E-state index is -0.897. The summed E-state index contributed by atoms with van der Waals surface area (Å²) in [5.74, 6) is -0.236. The van der Waals surface area contributed by atoms with Crippen molar-refractivity contribution in [2.75, 3.05) is 0 Å². The molecule has 0 spiro atoms. The monoisotopic (exact) mass is 353 g/mol. The Morgan fingerprint density at radius 2 is 1.83 bits per heavy atom. The van der Waals surface area contributed by atoms with Crippen molar-refractivity contribution in [1.82, 2.24) is 5.32 Å². The molecule has 122 valence electrons. The maximum Gasteiger partial charge on any atom is 0.320 e. The predicted molar refractivity (Wildman–Crippen MR) is 91.2 cm³/mol. The molecule has 0 amide bonds. The van der Waals surface area contributed by atoms with Gasteiger partial charge in [0.25, 0.3) is 0 Å². The molecular formula is C17H17Cl2NO3. The molecule has 0 heterocycles. The zero-order valence-corrected chi connectivity index (χ0v) is 14.1. The number of aliphatic carboxylic acids is 1. The van der Waals surface area contributed by atoms with E-state index in [1.165, 1.54) is 0 Å². The third-order valence-electron chi connectivity index (χ3n) is 3.38. The van der Waals surface area contributed by atoms with E-state index in [0.717, 1.165) is 11.1 Å². The van der Waals surface area contributed by atoms with Crippen molar-refractivity contribution < 1.29 is 14.6 Å². The van der Waals surface area contributed by atoms with Gasteiger partial charge in [0.2, 0.25) is 0 Å². The normalized spacial score (nSPS) is 12.0. The summed E-state index contributed by atoms with van der Waals surface area (Å²) in [6, 6.07) is 12.1. The lowest BCUT2D eigenvalue weighted by Gasteiger charge is -2.15. The summed E-state index contributed by atoms with van der Waals surface area (Å²) in [5.41, 5.74) is 1.58. The maximum absolute atomic E-state index is 10.9. The molecule has 1 unspecified atom stereocenters. The highest BCUT2D eigenvalue weighted by Crippen LogP contribution is 2.27. The van der Waals surface area contributed by atoms with Gasteiger partial charge in [-0.15, -0.1) is 0 Å². The van der Waals surface area contributed by atoms with E-state index in [0.29, 0.717) is 22.3 Å². The van der Waals surface area contributed by atoms with Gasteiger partial charge in [-0.25, -0.2) is 0 Å². The van der Waals surface area contributed by atoms with Crippen LogP contribution in [0.5, 0.6) is 5.75 Å². The Bertz CT molecular complexity index is 671. The molecule has 2 rings (SSSR count). The van der Waals surface area contributed by atoms with E-state index in [2.05, 4.69) is 5.32 Å². The standard InChI is InChI=1S/C17H17Cl2NO3/c1-11(17(21)22)20-9-12-5-2-3-8-16(12)23-10-13-14(18)6-4-7-15(13)19/h2-8,11,20H,9-10H2,1H3,(H,21,22). The van der Waals surface area contributed by atoms with Crippen LogP contribution in [0.25, 0.3) is 0 Å². The Morgan fingerprint density at radius 3 is 2.48 bits per heavy atom. The first-order valence-electron chi connectivity index (χ1n) is 7.09. The van der Waals surface area contributed by atoms with E-state index in [9.17, 15) is 4.79 Å². The number of para-hydroxylation sites is 1. The molecule has 0 saturated carbocycles. The lowest BCUT2D eigenvalue weighted by atomic mass is 10.2. The number of halogens is 2. The Morgan fingerprint density at radius 1 is 1.17 bits per heavy atom. The summed E-state index contributed by atoms with van der Waals surface area (Å²) in [4.78, 5) is 10.9. The van der Waals surface area contributed by atoms with Crippen molar-refractivity contribution in [3.05, 3.63) is 63.6 Å². The van der Waals surface area contributed by atoms with Crippen molar-refractivity contribution in [3.63, 3.8) is 0 Å². The predicted octanol–water partition coefficient (Wildman–Crippen LogP) is 4.14. The molecule has 0 aromatic heterocycles. The van der Waals surface area contributed by atoms with Crippen LogP contribution in [0.15, 0.2) is 42.5 Å². The highest BCUT2D eigenvalue weighted by molar-refractivity contribution is 6.35. The molecule has 0 bridgehead atoms. The van der Waals surface area contributed by atoms with Crippen molar-refractivity contribution in [2.45, 2.75) is 26.1 Å². The summed E-state index contributed by atoms with van der Waals surface area (Å²) >= 11 is 12.3. The molecule has 0 fully saturated rings. The number of hydrogen-bond acceptors (Lipinski definition) is 3. The second kappa shape index (κ2) is 8.20. The van der Waals surface area contributed by atoms with Gasteiger partial charge in [0.1, 0.15) is 18.4 Å². The van der Waals surface area contributed by atoms with Crippen LogP contribution >= 0.6 is 23.2 Å². The van der Waals surface area contributed by atoms with Crippen molar-refractivity contribution in [3.8, 4) is 5.75 Å². The Kier molecular flexibility index (Phi) is 6.28. The van der Waals surface area contributed by atoms with E-state index in [1.54, 1.807) is 25.1 Å². The number of carboxylic acid groups (broad SMARTS) is 1. The van der Waals surface area contributed by atoms with E-state index in [1.807, 2.05) is 24.3 Å². The molecule has 6 heteroatoms. The summed E-state index contributed by atoms with van der Waals surface area (Å²) in [7, 11) is 0. The van der Waals surface area contributed by atoms with Crippen LogP contribution in [0.2, 0.25) is 10.0 Å². The quantitative estimate of drug-likeness (QED) is 0.785. The SMILES string of the molecule is CC(NCc1ccccc1OCc1c(Cl)cccc1Cl)C(=O)O. The minimum absolute atomic E-state index is 0.240. The van der Waals surface area contributed by atoms with Crippen LogP contribution in [0.4, 0.5) is 0 Å². The number of rotatable bonds is 7. The molecule has 0 saturated heterocycles. The Labute approximate surface area is 145 Å². The fourth-order valence-electron chi connectivity index (χ4n) is 1.96. The fourth-order valence-corrected chi connectivity index (χ4v) is 2.47. The summed E-state index contributed by atoms with van der Waals surface area (Å²) in [6.07, 6.45) is 0. The molecule has 0 aliphatic carbocycles. The highest BCUT2D eigenvalue weighted by Gasteiger charge is 2.12. The first kappa shape index (κ1) is 17.6. The summed E-state index contributed by atoms with van der Waals surface area (Å²) in [6.45, 7) is 2.22. The lowest BCUT2D eigenvalue weighted by Crippen LogP contribution is -2.33. The number of hydrogen-bond donors (Lipinski definition) is 2. The zero-order valence-electron chi connectivity index (χ0n) is 12.6. The second-order valence-corrected chi connectivity index (χ2v) is 5.85. The number of ether oxygens (including phenoxy) is 1. The van der Waals surface area contributed by atoms with Gasteiger partial charge in [-0.3, -0.25) is 4.79 Å². The first-order chi connectivity index (χ1) is 11.0. The molecule has 0 radical (unpaired) electrons. The molecule has 1 atom stereocenters. The summed E-state index contributed by atoms with van der Waals surface area (Å²) in [5, 5.41) is 12.9. The van der Waals surface area contributed by atoms with Gasteiger partial charge in [0.15, 0.2) is 0 Å². The largest absolute Gasteiger partial charge is 0.488 e. The van der Waals surface area contributed by atoms with Gasteiger partial charge >= 0.3 is 5.97 Å². The zero-order chi connectivity index (χ0) is 16.8. The van der Waals surface area contributed by atoms with E-state index >= 15 is 0 Å². The average Bonchev–Trinajstić information content (AvgIpc) is 2.53. The lowest BCUT2D eigenvalue weighted by molar-refractivity contribution is -0.139. The average molecular weight is 354 g/mol.